The molecule has 1 aliphatic heterocycles. The average molecular weight is 923 g/mol. The fourth-order valence-electron chi connectivity index (χ4n) is 6.96. The summed E-state index contributed by atoms with van der Waals surface area (Å²) in [6.45, 7) is 0. The van der Waals surface area contributed by atoms with Crippen LogP contribution in [-0.4, -0.2) is 31.4 Å². The van der Waals surface area contributed by atoms with Gasteiger partial charge in [-0.1, -0.05) is 146 Å². The van der Waals surface area contributed by atoms with Crippen LogP contribution in [0.3, 0.4) is 0 Å². The zero-order valence-corrected chi connectivity index (χ0v) is 36.4. The van der Waals surface area contributed by atoms with E-state index in [4.69, 9.17) is 23.4 Å². The smallest absolute Gasteiger partial charge is 0.186 e. The average Bonchev–Trinajstić information content (AvgIpc) is 3.25. The molecule has 0 saturated carbocycles. The molecule has 2 unspecified atom stereocenters. The van der Waals surface area contributed by atoms with Crippen LogP contribution in [0.1, 0.15) is 0 Å². The molecule has 0 spiro atoms. The zero-order chi connectivity index (χ0) is 40.3. The first kappa shape index (κ1) is 43.4. The summed E-state index contributed by atoms with van der Waals surface area (Å²) in [5.41, 5.74) is 11.2. The van der Waals surface area contributed by atoms with Crippen molar-refractivity contribution in [2.24, 2.45) is 0 Å². The van der Waals surface area contributed by atoms with E-state index in [1.165, 1.54) is 31.8 Å². The maximum Gasteiger partial charge on any atom is 0.186 e. The first-order chi connectivity index (χ1) is 28.2. The second kappa shape index (κ2) is 20.7. The molecular formula is C49H42N2O4P2PdS-2. The number of benzene rings is 7. The number of rotatable bonds is 7. The minimum absolute atomic E-state index is 0. The fourth-order valence-corrected chi connectivity index (χ4v) is 12.2. The van der Waals surface area contributed by atoms with E-state index in [2.05, 4.69) is 169 Å². The van der Waals surface area contributed by atoms with Gasteiger partial charge in [-0.3, -0.25) is 0 Å². The van der Waals surface area contributed by atoms with E-state index < -0.39 is 26.0 Å². The maximum atomic E-state index is 9.08. The fraction of sp³-hybridized carbons (Fsp3) is 0.0612. The Bertz CT molecular complexity index is 2500. The van der Waals surface area contributed by atoms with Crippen LogP contribution in [0.25, 0.3) is 16.9 Å². The van der Waals surface area contributed by atoms with Crippen molar-refractivity contribution >= 4 is 63.9 Å². The predicted molar refractivity (Wildman–Crippen MR) is 245 cm³/mol. The van der Waals surface area contributed by atoms with Gasteiger partial charge in [0.15, 0.2) is 5.75 Å². The van der Waals surface area contributed by atoms with E-state index in [1.54, 1.807) is 6.07 Å². The van der Waals surface area contributed by atoms with Gasteiger partial charge in [-0.2, -0.15) is 5.69 Å². The van der Waals surface area contributed by atoms with Crippen LogP contribution in [0.4, 0.5) is 11.4 Å². The summed E-state index contributed by atoms with van der Waals surface area (Å²) < 4.78 is 34.4. The van der Waals surface area contributed by atoms with Crippen molar-refractivity contribution in [3.05, 3.63) is 223 Å². The molecule has 0 aromatic heterocycles. The number of hydrogen-bond acceptors (Lipinski definition) is 5. The Balaban J connectivity index is 0.000000256. The van der Waals surface area contributed by atoms with Gasteiger partial charge in [0.25, 0.3) is 0 Å². The third-order valence-electron chi connectivity index (χ3n) is 9.39. The van der Waals surface area contributed by atoms with Crippen LogP contribution in [0.5, 0.6) is 5.75 Å². The number of allylic oxidation sites excluding steroid dienone is 2. The van der Waals surface area contributed by atoms with Crippen molar-refractivity contribution in [3.63, 3.8) is 0 Å². The number of ether oxygens (including phenoxy) is 1. The number of hydrogen-bond donors (Lipinski definition) is 1. The summed E-state index contributed by atoms with van der Waals surface area (Å²) in [5.74, 6) is 0.989. The van der Waals surface area contributed by atoms with Gasteiger partial charge in [0.05, 0.1) is 21.8 Å². The van der Waals surface area contributed by atoms with E-state index in [0.717, 1.165) is 22.6 Å². The molecule has 0 radical (unpaired) electrons. The van der Waals surface area contributed by atoms with Crippen LogP contribution in [0.15, 0.2) is 212 Å². The zero-order valence-electron chi connectivity index (χ0n) is 32.1. The summed E-state index contributed by atoms with van der Waals surface area (Å²) in [5, 5.41) is 11.9. The minimum atomic E-state index is -3.92. The SMILES string of the molecule is C1=CC2Nc3cccc([PH+](c4ccccc4)c4ccccc4)c3OC2C(P(c2ccccc2)c2ccccc2)=C1.CS(=O)(=O)[O-].[NH-]c1ccccc1-c1[c-]cccc1.[Pd]. The molecule has 0 amide bonds. The van der Waals surface area contributed by atoms with E-state index in [-0.39, 0.29) is 32.6 Å². The van der Waals surface area contributed by atoms with Crippen molar-refractivity contribution in [3.8, 4) is 16.9 Å². The van der Waals surface area contributed by atoms with E-state index in [9.17, 15) is 0 Å². The summed E-state index contributed by atoms with van der Waals surface area (Å²) in [6.07, 6.45) is 7.25. The van der Waals surface area contributed by atoms with E-state index >= 15 is 0 Å². The molecule has 1 aliphatic carbocycles. The Hall–Kier alpha value is -5.15. The summed E-state index contributed by atoms with van der Waals surface area (Å²) in [6, 6.07) is 68.7. The summed E-state index contributed by atoms with van der Waals surface area (Å²) in [7, 11) is -5.97. The predicted octanol–water partition coefficient (Wildman–Crippen LogP) is 9.30. The van der Waals surface area contributed by atoms with Gasteiger partial charge in [0.2, 0.25) is 0 Å². The van der Waals surface area contributed by atoms with Crippen molar-refractivity contribution in [1.82, 2.24) is 0 Å². The van der Waals surface area contributed by atoms with Gasteiger partial charge in [0.1, 0.15) is 29.9 Å². The van der Waals surface area contributed by atoms with Crippen LogP contribution < -0.4 is 36.6 Å². The van der Waals surface area contributed by atoms with Crippen molar-refractivity contribution in [2.75, 3.05) is 11.6 Å². The monoisotopic (exact) mass is 922 g/mol. The Morgan fingerprint density at radius 3 is 1.76 bits per heavy atom. The molecule has 2 N–H and O–H groups in total. The molecule has 2 aliphatic rings. The van der Waals surface area contributed by atoms with Gasteiger partial charge in [0, 0.05) is 32.0 Å². The van der Waals surface area contributed by atoms with Crippen molar-refractivity contribution < 1.29 is 38.1 Å². The molecule has 7 aromatic carbocycles. The molecule has 1 heterocycles. The quantitative estimate of drug-likeness (QED) is 0.0744. The Labute approximate surface area is 363 Å². The topological polar surface area (TPSA) is 102 Å². The Morgan fingerprint density at radius 1 is 0.695 bits per heavy atom. The first-order valence-electron chi connectivity index (χ1n) is 18.8. The number of fused-ring (bicyclic) bond motifs is 2. The molecule has 10 heteroatoms. The molecular weight excluding hydrogens is 881 g/mol. The summed E-state index contributed by atoms with van der Waals surface area (Å²) in [4.78, 5) is 0. The van der Waals surface area contributed by atoms with Gasteiger partial charge >= 0.3 is 0 Å². The molecule has 6 nitrogen and oxygen atoms in total. The molecule has 7 aromatic rings. The Kier molecular flexibility index (Phi) is 15.2. The molecule has 0 fully saturated rings. The molecule has 0 saturated heterocycles. The van der Waals surface area contributed by atoms with Crippen LogP contribution in [-0.2, 0) is 30.5 Å². The first-order valence-corrected chi connectivity index (χ1v) is 23.4. The molecule has 9 rings (SSSR count). The Morgan fingerprint density at radius 2 is 1.22 bits per heavy atom. The van der Waals surface area contributed by atoms with Crippen LogP contribution >= 0.6 is 15.8 Å². The molecule has 0 bridgehead atoms. The number of anilines is 1. The van der Waals surface area contributed by atoms with Crippen LogP contribution in [0, 0.1) is 6.07 Å². The van der Waals surface area contributed by atoms with E-state index in [1.807, 2.05) is 42.5 Å². The van der Waals surface area contributed by atoms with Gasteiger partial charge in [-0.25, -0.2) is 8.42 Å². The maximum absolute atomic E-state index is 9.08. The standard InChI is InChI=1S/C36H29NOP2.C12H9N.CH4O3S.Pd/c1-5-15-27(16-6-1)39(28-17-7-2-8-18-28)33-25-13-23-31-35(33)38-36-32(37-31)24-14-26-34(36)40(29-19-9-3-10-20-29)30-21-11-4-12-22-30;13-12-9-5-4-8-11(12)10-6-2-1-3-7-10;1-5(2,3)4;/h1-26,31,35,37H;1-6,8-9,13H;1H3,(H,2,3,4);/q;-2;;. The van der Waals surface area contributed by atoms with E-state index in [0.29, 0.717) is 11.9 Å². The van der Waals surface area contributed by atoms with Gasteiger partial charge in [-0.05, 0) is 54.9 Å². The second-order valence-electron chi connectivity index (χ2n) is 13.5. The molecule has 59 heavy (non-hydrogen) atoms. The summed E-state index contributed by atoms with van der Waals surface area (Å²) >= 11 is 0. The third kappa shape index (κ3) is 11.3. The minimum Gasteiger partial charge on any atom is -0.748 e. The number of nitrogens with one attached hydrogen (secondary N) is 2. The molecule has 300 valence electrons. The van der Waals surface area contributed by atoms with Crippen molar-refractivity contribution in [1.29, 1.82) is 0 Å². The normalized spacial score (nSPS) is 14.9. The second-order valence-corrected chi connectivity index (χ2v) is 19.6. The van der Waals surface area contributed by atoms with Gasteiger partial charge < -0.3 is 20.3 Å². The van der Waals surface area contributed by atoms with Gasteiger partial charge in [-0.15, -0.1) is 41.5 Å². The third-order valence-corrected chi connectivity index (χ3v) is 14.7. The van der Waals surface area contributed by atoms with Crippen LogP contribution in [0.2, 0.25) is 0 Å². The molecule has 2 atom stereocenters. The number of para-hydroxylation sites is 1. The largest absolute Gasteiger partial charge is 0.748 e. The van der Waals surface area contributed by atoms with Crippen molar-refractivity contribution in [2.45, 2.75) is 12.1 Å².